The van der Waals surface area contributed by atoms with Crippen LogP contribution >= 0.6 is 0 Å². The van der Waals surface area contributed by atoms with Crippen molar-refractivity contribution in [3.05, 3.63) is 0 Å². The molecule has 0 bridgehead atoms. The van der Waals surface area contributed by atoms with E-state index in [0.717, 1.165) is 18.9 Å². The molecule has 2 amide bonds. The van der Waals surface area contributed by atoms with Crippen LogP contribution in [0.5, 0.6) is 0 Å². The van der Waals surface area contributed by atoms with E-state index < -0.39 is 5.60 Å². The summed E-state index contributed by atoms with van der Waals surface area (Å²) < 4.78 is 5.37. The number of amidine groups is 1. The van der Waals surface area contributed by atoms with E-state index >= 15 is 0 Å². The number of hydrogen-bond acceptors (Lipinski definition) is 5. The van der Waals surface area contributed by atoms with Crippen molar-refractivity contribution >= 4 is 17.8 Å². The van der Waals surface area contributed by atoms with Crippen molar-refractivity contribution in [1.29, 1.82) is 0 Å². The molecule has 0 unspecified atom stereocenters. The van der Waals surface area contributed by atoms with E-state index in [0.29, 0.717) is 32.6 Å². The summed E-state index contributed by atoms with van der Waals surface area (Å²) in [4.78, 5) is 31.8. The van der Waals surface area contributed by atoms with Crippen LogP contribution in [0.3, 0.4) is 0 Å². The average molecular weight is 326 g/mol. The maximum atomic E-state index is 12.1. The van der Waals surface area contributed by atoms with Crippen molar-refractivity contribution in [3.63, 3.8) is 0 Å². The highest BCUT2D eigenvalue weighted by Crippen LogP contribution is 2.11. The van der Waals surface area contributed by atoms with Gasteiger partial charge in [-0.05, 0) is 34.6 Å². The van der Waals surface area contributed by atoms with Gasteiger partial charge in [-0.2, -0.15) is 0 Å². The van der Waals surface area contributed by atoms with Crippen LogP contribution in [-0.2, 0) is 9.53 Å². The number of carbonyl (C=O) groups excluding carboxylic acids is 2. The van der Waals surface area contributed by atoms with Crippen LogP contribution in [0.1, 0.15) is 41.0 Å². The number of rotatable bonds is 5. The van der Waals surface area contributed by atoms with E-state index in [9.17, 15) is 9.59 Å². The van der Waals surface area contributed by atoms with E-state index in [-0.39, 0.29) is 12.0 Å². The molecule has 0 aromatic heterocycles. The maximum absolute atomic E-state index is 12.1. The zero-order chi connectivity index (χ0) is 17.5. The van der Waals surface area contributed by atoms with Crippen molar-refractivity contribution < 1.29 is 14.3 Å². The first-order valence-corrected chi connectivity index (χ1v) is 8.29. The Morgan fingerprint density at radius 1 is 1.30 bits per heavy atom. The second-order valence-electron chi connectivity index (χ2n) is 6.47. The van der Waals surface area contributed by atoms with Crippen molar-refractivity contribution in [3.8, 4) is 0 Å². The van der Waals surface area contributed by atoms with E-state index in [1.165, 1.54) is 0 Å². The Morgan fingerprint density at radius 2 is 1.96 bits per heavy atom. The number of carbonyl (C=O) groups is 2. The third-order valence-electron chi connectivity index (χ3n) is 3.45. The van der Waals surface area contributed by atoms with Gasteiger partial charge in [0.25, 0.3) is 0 Å². The molecule has 0 atom stereocenters. The Morgan fingerprint density at radius 3 is 2.52 bits per heavy atom. The molecule has 1 N–H and O–H groups in total. The highest BCUT2D eigenvalue weighted by atomic mass is 16.6. The summed E-state index contributed by atoms with van der Waals surface area (Å²) in [6, 6.07) is 0. The number of aliphatic imine (C=N–C) groups is 1. The molecule has 1 aliphatic heterocycles. The summed E-state index contributed by atoms with van der Waals surface area (Å²) >= 11 is 0. The Labute approximate surface area is 139 Å². The lowest BCUT2D eigenvalue weighted by Gasteiger charge is -2.30. The van der Waals surface area contributed by atoms with Gasteiger partial charge in [-0.25, -0.2) is 4.79 Å². The highest BCUT2D eigenvalue weighted by molar-refractivity contribution is 5.88. The third-order valence-corrected chi connectivity index (χ3v) is 3.45. The van der Waals surface area contributed by atoms with Gasteiger partial charge in [-0.3, -0.25) is 14.7 Å². The normalized spacial score (nSPS) is 15.0. The van der Waals surface area contributed by atoms with Crippen LogP contribution in [0.2, 0.25) is 0 Å². The fraction of sp³-hybridized carbons (Fsp3) is 0.812. The number of nitrogens with one attached hydrogen (secondary N) is 1. The van der Waals surface area contributed by atoms with E-state index in [1.807, 2.05) is 34.6 Å². The van der Waals surface area contributed by atoms with E-state index in [1.54, 1.807) is 9.80 Å². The van der Waals surface area contributed by atoms with Gasteiger partial charge in [-0.15, -0.1) is 0 Å². The van der Waals surface area contributed by atoms with Crippen LogP contribution in [0.4, 0.5) is 4.79 Å². The predicted molar refractivity (Wildman–Crippen MR) is 90.7 cm³/mol. The lowest BCUT2D eigenvalue weighted by atomic mass is 10.2. The molecule has 0 spiro atoms. The lowest BCUT2D eigenvalue weighted by molar-refractivity contribution is -0.130. The monoisotopic (exact) mass is 326 g/mol. The summed E-state index contributed by atoms with van der Waals surface area (Å²) in [7, 11) is 0. The molecule has 0 saturated heterocycles. The third kappa shape index (κ3) is 6.88. The number of amides is 2. The quantitative estimate of drug-likeness (QED) is 0.830. The topological polar surface area (TPSA) is 74.2 Å². The second-order valence-corrected chi connectivity index (χ2v) is 6.47. The summed E-state index contributed by atoms with van der Waals surface area (Å²) in [5, 5.41) is 3.16. The van der Waals surface area contributed by atoms with Gasteiger partial charge in [0.1, 0.15) is 11.4 Å². The van der Waals surface area contributed by atoms with E-state index in [2.05, 4.69) is 10.3 Å². The highest BCUT2D eigenvalue weighted by Gasteiger charge is 2.25. The maximum Gasteiger partial charge on any atom is 0.410 e. The number of hydrogen-bond donors (Lipinski definition) is 1. The molecule has 0 aromatic carbocycles. The minimum absolute atomic E-state index is 0.128. The lowest BCUT2D eigenvalue weighted by Crippen LogP contribution is -2.47. The van der Waals surface area contributed by atoms with Crippen LogP contribution in [0.25, 0.3) is 0 Å². The second kappa shape index (κ2) is 8.74. The van der Waals surface area contributed by atoms with Crippen molar-refractivity contribution in [2.75, 3.05) is 39.3 Å². The van der Waals surface area contributed by atoms with Crippen molar-refractivity contribution in [1.82, 2.24) is 15.1 Å². The van der Waals surface area contributed by atoms with Gasteiger partial charge in [0, 0.05) is 32.6 Å². The largest absolute Gasteiger partial charge is 0.444 e. The SMILES string of the molecule is CCN(CC)C(=O)CCNC1=NCCN(C(=O)OC(C)(C)C)C1. The Hall–Kier alpha value is -1.79. The van der Waals surface area contributed by atoms with Crippen LogP contribution in [0, 0.1) is 0 Å². The number of nitrogens with zero attached hydrogens (tertiary/aromatic N) is 3. The standard InChI is InChI=1S/C16H30N4O3/c1-6-19(7-2)14(21)8-9-17-13-12-20(11-10-18-13)15(22)23-16(3,4)5/h6-12H2,1-5H3,(H,17,18). The molecule has 0 saturated carbocycles. The van der Waals surface area contributed by atoms with Gasteiger partial charge in [-0.1, -0.05) is 0 Å². The Bertz CT molecular complexity index is 439. The summed E-state index contributed by atoms with van der Waals surface area (Å²) in [6.45, 7) is 13.0. The van der Waals surface area contributed by atoms with Crippen LogP contribution in [0.15, 0.2) is 4.99 Å². The average Bonchev–Trinajstić information content (AvgIpc) is 2.47. The van der Waals surface area contributed by atoms with Crippen LogP contribution < -0.4 is 5.32 Å². The van der Waals surface area contributed by atoms with Gasteiger partial charge in [0.05, 0.1) is 13.1 Å². The van der Waals surface area contributed by atoms with Crippen molar-refractivity contribution in [2.24, 2.45) is 4.99 Å². The first-order valence-electron chi connectivity index (χ1n) is 8.29. The molecule has 23 heavy (non-hydrogen) atoms. The van der Waals surface area contributed by atoms with Gasteiger partial charge >= 0.3 is 6.09 Å². The zero-order valence-corrected chi connectivity index (χ0v) is 15.0. The molecule has 1 heterocycles. The zero-order valence-electron chi connectivity index (χ0n) is 15.0. The van der Waals surface area contributed by atoms with E-state index in [4.69, 9.17) is 4.74 Å². The summed E-state index contributed by atoms with van der Waals surface area (Å²) in [5.41, 5.74) is -0.505. The first-order chi connectivity index (χ1) is 10.8. The molecule has 0 aliphatic carbocycles. The Kier molecular flexibility index (Phi) is 7.32. The minimum atomic E-state index is -0.505. The molecule has 1 aliphatic rings. The fourth-order valence-corrected chi connectivity index (χ4v) is 2.26. The predicted octanol–water partition coefficient (Wildman–Crippen LogP) is 1.48. The molecule has 1 rings (SSSR count). The molecule has 0 fully saturated rings. The summed E-state index contributed by atoms with van der Waals surface area (Å²) in [6.07, 6.45) is 0.0959. The smallest absolute Gasteiger partial charge is 0.410 e. The Balaban J connectivity index is 2.40. The van der Waals surface area contributed by atoms with Gasteiger partial charge < -0.3 is 15.0 Å². The molecule has 0 aromatic rings. The molecular weight excluding hydrogens is 296 g/mol. The summed E-state index contributed by atoms with van der Waals surface area (Å²) in [5.74, 6) is 0.859. The molecule has 7 nitrogen and oxygen atoms in total. The molecular formula is C16H30N4O3. The number of ether oxygens (including phenoxy) is 1. The van der Waals surface area contributed by atoms with Crippen molar-refractivity contribution in [2.45, 2.75) is 46.6 Å². The fourth-order valence-electron chi connectivity index (χ4n) is 2.26. The first kappa shape index (κ1) is 19.3. The van der Waals surface area contributed by atoms with Crippen LogP contribution in [-0.4, -0.2) is 72.5 Å². The molecule has 7 heteroatoms. The van der Waals surface area contributed by atoms with Gasteiger partial charge in [0.15, 0.2) is 0 Å². The molecule has 132 valence electrons. The van der Waals surface area contributed by atoms with Gasteiger partial charge in [0.2, 0.25) is 5.91 Å². The molecule has 0 radical (unpaired) electrons. The minimum Gasteiger partial charge on any atom is -0.444 e.